The Kier molecular flexibility index (Phi) is 8.76. The number of carbonyl (C=O) groups is 2. The van der Waals surface area contributed by atoms with E-state index >= 15 is 0 Å². The van der Waals surface area contributed by atoms with Crippen LogP contribution in [0.5, 0.6) is 0 Å². The fourth-order valence-electron chi connectivity index (χ4n) is 3.14. The number of sulfonamides is 1. The Balaban J connectivity index is 1.71. The molecule has 0 unspecified atom stereocenters. The molecule has 1 aliphatic heterocycles. The van der Waals surface area contributed by atoms with E-state index in [4.69, 9.17) is 0 Å². The van der Waals surface area contributed by atoms with E-state index in [1.54, 1.807) is 0 Å². The van der Waals surface area contributed by atoms with Crippen LogP contribution in [0.2, 0.25) is 0 Å². The minimum atomic E-state index is -3.78. The molecule has 1 aromatic carbocycles. The summed E-state index contributed by atoms with van der Waals surface area (Å²) in [4.78, 5) is 28.2. The Hall–Kier alpha value is -1.81. The van der Waals surface area contributed by atoms with Crippen molar-refractivity contribution < 1.29 is 18.0 Å². The van der Waals surface area contributed by atoms with E-state index in [1.807, 2.05) is 0 Å². The minimum absolute atomic E-state index is 0.0602. The van der Waals surface area contributed by atoms with Gasteiger partial charge in [0.25, 0.3) is 0 Å². The highest BCUT2D eigenvalue weighted by Gasteiger charge is 2.23. The number of benzene rings is 1. The Morgan fingerprint density at radius 3 is 2.28 bits per heavy atom. The fourth-order valence-corrected chi connectivity index (χ4v) is 4.27. The van der Waals surface area contributed by atoms with Crippen LogP contribution < -0.4 is 5.32 Å². The lowest BCUT2D eigenvalue weighted by atomic mass is 10.2. The third kappa shape index (κ3) is 7.18. The molecular weight excluding hydrogens is 392 g/mol. The van der Waals surface area contributed by atoms with E-state index in [-0.39, 0.29) is 23.1 Å². The molecule has 9 heteroatoms. The van der Waals surface area contributed by atoms with Gasteiger partial charge in [0.2, 0.25) is 15.9 Å². The number of hydrogen-bond donors (Lipinski definition) is 1. The quantitative estimate of drug-likeness (QED) is 0.438. The van der Waals surface area contributed by atoms with Crippen molar-refractivity contribution in [3.8, 4) is 0 Å². The number of hydrogen-bond acceptors (Lipinski definition) is 6. The summed E-state index contributed by atoms with van der Waals surface area (Å²) in [5, 5.41) is 2.79. The van der Waals surface area contributed by atoms with Gasteiger partial charge in [-0.1, -0.05) is 12.1 Å². The smallest absolute Gasteiger partial charge is 0.243 e. The molecule has 0 aliphatic carbocycles. The normalized spacial score (nSPS) is 16.1. The molecule has 0 bridgehead atoms. The van der Waals surface area contributed by atoms with Gasteiger partial charge in [-0.05, 0) is 45.5 Å². The van der Waals surface area contributed by atoms with Crippen molar-refractivity contribution in [2.75, 3.05) is 59.9 Å². The van der Waals surface area contributed by atoms with Gasteiger partial charge in [-0.15, -0.1) is 0 Å². The monoisotopic (exact) mass is 424 g/mol. The van der Waals surface area contributed by atoms with Crippen LogP contribution in [0.15, 0.2) is 29.2 Å². The topological polar surface area (TPSA) is 90.0 Å². The molecule has 1 aliphatic rings. The summed E-state index contributed by atoms with van der Waals surface area (Å²) in [5.41, 5.74) is 0.445. The molecule has 29 heavy (non-hydrogen) atoms. The lowest BCUT2D eigenvalue weighted by molar-refractivity contribution is -0.121. The zero-order chi connectivity index (χ0) is 21.4. The van der Waals surface area contributed by atoms with E-state index in [0.29, 0.717) is 12.1 Å². The molecule has 0 aromatic heterocycles. The molecule has 162 valence electrons. The van der Waals surface area contributed by atoms with Gasteiger partial charge in [-0.2, -0.15) is 4.31 Å². The molecule has 0 saturated carbocycles. The first-order chi connectivity index (χ1) is 13.7. The van der Waals surface area contributed by atoms with Crippen LogP contribution in [0.1, 0.15) is 30.1 Å². The van der Waals surface area contributed by atoms with Gasteiger partial charge in [0.1, 0.15) is 0 Å². The average Bonchev–Trinajstić information content (AvgIpc) is 2.69. The van der Waals surface area contributed by atoms with Gasteiger partial charge < -0.3 is 15.1 Å². The molecule has 1 amide bonds. The number of amides is 1. The van der Waals surface area contributed by atoms with Crippen LogP contribution in [0.3, 0.4) is 0 Å². The Morgan fingerprint density at radius 1 is 1.07 bits per heavy atom. The van der Waals surface area contributed by atoms with Crippen molar-refractivity contribution in [2.45, 2.75) is 24.7 Å². The van der Waals surface area contributed by atoms with E-state index in [0.717, 1.165) is 49.9 Å². The number of likely N-dealkylation sites (N-methyl/N-ethyl adjacent to an activating group) is 2. The molecule has 1 heterocycles. The first-order valence-electron chi connectivity index (χ1n) is 9.95. The highest BCUT2D eigenvalue weighted by molar-refractivity contribution is 7.89. The zero-order valence-corrected chi connectivity index (χ0v) is 18.4. The number of Topliss-reactive ketones (excluding diaryl/α,β-unsaturated/α-hetero) is 1. The summed E-state index contributed by atoms with van der Waals surface area (Å²) in [6.45, 7) is 7.09. The standard InChI is InChI=1S/C20H32N4O4S/c1-17(25)18-6-8-19(9-7-18)29(27,28)23(3)16-20(26)21-10-4-5-11-24-14-12-22(2)13-15-24/h6-9H,4-5,10-16H2,1-3H3,(H,21,26). The molecule has 1 N–H and O–H groups in total. The molecule has 0 radical (unpaired) electrons. The van der Waals surface area contributed by atoms with Crippen molar-refractivity contribution in [3.63, 3.8) is 0 Å². The maximum absolute atomic E-state index is 12.6. The van der Waals surface area contributed by atoms with Gasteiger partial charge in [0.05, 0.1) is 11.4 Å². The van der Waals surface area contributed by atoms with Gasteiger partial charge in [-0.25, -0.2) is 8.42 Å². The van der Waals surface area contributed by atoms with Crippen LogP contribution in [-0.2, 0) is 14.8 Å². The van der Waals surface area contributed by atoms with Crippen molar-refractivity contribution >= 4 is 21.7 Å². The predicted octanol–water partition coefficient (Wildman–Crippen LogP) is 0.654. The summed E-state index contributed by atoms with van der Waals surface area (Å²) >= 11 is 0. The molecule has 0 atom stereocenters. The van der Waals surface area contributed by atoms with E-state index in [1.165, 1.54) is 38.2 Å². The number of piperazine rings is 1. The van der Waals surface area contributed by atoms with Crippen LogP contribution in [0.25, 0.3) is 0 Å². The van der Waals surface area contributed by atoms with Gasteiger partial charge in [0.15, 0.2) is 5.78 Å². The number of carbonyl (C=O) groups excluding carboxylic acids is 2. The van der Waals surface area contributed by atoms with Crippen LogP contribution in [0.4, 0.5) is 0 Å². The summed E-state index contributed by atoms with van der Waals surface area (Å²) in [6, 6.07) is 5.73. The van der Waals surface area contributed by atoms with E-state index in [2.05, 4.69) is 22.2 Å². The predicted molar refractivity (Wildman–Crippen MR) is 112 cm³/mol. The molecule has 1 aromatic rings. The summed E-state index contributed by atoms with van der Waals surface area (Å²) in [6.07, 6.45) is 1.86. The molecular formula is C20H32N4O4S. The summed E-state index contributed by atoms with van der Waals surface area (Å²) in [5.74, 6) is -0.453. The van der Waals surface area contributed by atoms with Gasteiger partial charge in [-0.3, -0.25) is 9.59 Å². The third-order valence-electron chi connectivity index (χ3n) is 5.15. The highest BCUT2D eigenvalue weighted by Crippen LogP contribution is 2.15. The Bertz CT molecular complexity index is 787. The number of nitrogens with zero attached hydrogens (tertiary/aromatic N) is 3. The van der Waals surface area contributed by atoms with Crippen molar-refractivity contribution in [1.82, 2.24) is 19.4 Å². The fraction of sp³-hybridized carbons (Fsp3) is 0.600. The lowest BCUT2D eigenvalue weighted by Gasteiger charge is -2.32. The molecule has 8 nitrogen and oxygen atoms in total. The Morgan fingerprint density at radius 2 is 1.69 bits per heavy atom. The molecule has 1 saturated heterocycles. The SMILES string of the molecule is CC(=O)c1ccc(S(=O)(=O)N(C)CC(=O)NCCCCN2CCN(C)CC2)cc1. The van der Waals surface area contributed by atoms with Crippen LogP contribution >= 0.6 is 0 Å². The largest absolute Gasteiger partial charge is 0.355 e. The second-order valence-electron chi connectivity index (χ2n) is 7.54. The minimum Gasteiger partial charge on any atom is -0.355 e. The number of unbranched alkanes of at least 4 members (excludes halogenated alkanes) is 1. The van der Waals surface area contributed by atoms with Gasteiger partial charge >= 0.3 is 0 Å². The summed E-state index contributed by atoms with van der Waals surface area (Å²) < 4.78 is 26.2. The van der Waals surface area contributed by atoms with Crippen molar-refractivity contribution in [1.29, 1.82) is 0 Å². The summed E-state index contributed by atoms with van der Waals surface area (Å²) in [7, 11) is -0.274. The van der Waals surface area contributed by atoms with Crippen LogP contribution in [0, 0.1) is 0 Å². The van der Waals surface area contributed by atoms with Gasteiger partial charge in [0, 0.05) is 45.3 Å². The first-order valence-corrected chi connectivity index (χ1v) is 11.4. The lowest BCUT2D eigenvalue weighted by Crippen LogP contribution is -2.44. The second-order valence-corrected chi connectivity index (χ2v) is 9.59. The maximum Gasteiger partial charge on any atom is 0.243 e. The van der Waals surface area contributed by atoms with E-state index < -0.39 is 10.0 Å². The van der Waals surface area contributed by atoms with E-state index in [9.17, 15) is 18.0 Å². The molecule has 0 spiro atoms. The Labute approximate surface area is 173 Å². The van der Waals surface area contributed by atoms with Crippen molar-refractivity contribution in [2.24, 2.45) is 0 Å². The zero-order valence-electron chi connectivity index (χ0n) is 17.6. The first kappa shape index (κ1) is 23.5. The maximum atomic E-state index is 12.6. The average molecular weight is 425 g/mol. The number of nitrogens with one attached hydrogen (secondary N) is 1. The van der Waals surface area contributed by atoms with Crippen molar-refractivity contribution in [3.05, 3.63) is 29.8 Å². The molecule has 2 rings (SSSR count). The van der Waals surface area contributed by atoms with Crippen LogP contribution in [-0.4, -0.2) is 94.1 Å². The third-order valence-corrected chi connectivity index (χ3v) is 6.97. The highest BCUT2D eigenvalue weighted by atomic mass is 32.2. The second kappa shape index (κ2) is 10.8. The number of rotatable bonds is 10. The molecule has 1 fully saturated rings. The number of ketones is 1.